The Morgan fingerprint density at radius 1 is 0.625 bits per heavy atom. The van der Waals surface area contributed by atoms with E-state index in [1.165, 1.54) is 83.5 Å². The summed E-state index contributed by atoms with van der Waals surface area (Å²) in [5, 5.41) is 0. The highest BCUT2D eigenvalue weighted by molar-refractivity contribution is 5.90. The fourth-order valence-corrected chi connectivity index (χ4v) is 4.49. The number of esters is 2. The van der Waals surface area contributed by atoms with E-state index in [0.717, 1.165) is 12.8 Å². The lowest BCUT2D eigenvalue weighted by molar-refractivity contribution is -0.0192. The summed E-state index contributed by atoms with van der Waals surface area (Å²) in [7, 11) is 0. The molecule has 0 saturated carbocycles. The zero-order valence-corrected chi connectivity index (χ0v) is 24.6. The Morgan fingerprint density at radius 3 is 1.62 bits per heavy atom. The molecule has 0 N–H and O–H groups in total. The van der Waals surface area contributed by atoms with Gasteiger partial charge in [-0.3, -0.25) is 0 Å². The maximum atomic E-state index is 12.5. The zero-order chi connectivity index (χ0) is 28.5. The summed E-state index contributed by atoms with van der Waals surface area (Å²) in [6, 6.07) is 17.5. The van der Waals surface area contributed by atoms with Gasteiger partial charge in [0.25, 0.3) is 0 Å². The molecule has 0 heterocycles. The molecule has 0 amide bonds. The van der Waals surface area contributed by atoms with E-state index in [-0.39, 0.29) is 13.2 Å². The van der Waals surface area contributed by atoms with Crippen molar-refractivity contribution in [2.75, 3.05) is 13.2 Å². The van der Waals surface area contributed by atoms with Gasteiger partial charge in [0.05, 0.1) is 17.4 Å². The van der Waals surface area contributed by atoms with Crippen LogP contribution in [0.5, 0.6) is 0 Å². The quantitative estimate of drug-likeness (QED) is 0.0783. The first-order valence-electron chi connectivity index (χ1n) is 15.5. The molecule has 0 aromatic heterocycles. The monoisotopic (exact) mass is 550 g/mol. The second kappa shape index (κ2) is 22.7. The Balaban J connectivity index is 1.57. The number of benzene rings is 2. The van der Waals surface area contributed by atoms with E-state index in [1.54, 1.807) is 54.8 Å². The number of rotatable bonds is 23. The van der Waals surface area contributed by atoms with E-state index in [4.69, 9.17) is 14.2 Å². The van der Waals surface area contributed by atoms with Crippen molar-refractivity contribution in [1.82, 2.24) is 0 Å². The molecule has 0 saturated heterocycles. The fourth-order valence-electron chi connectivity index (χ4n) is 4.49. The van der Waals surface area contributed by atoms with E-state index in [9.17, 15) is 9.59 Å². The Hall–Kier alpha value is -3.08. The molecule has 5 heteroatoms. The first-order valence-corrected chi connectivity index (χ1v) is 15.5. The number of carbonyl (C=O) groups excluding carboxylic acids is 2. The summed E-state index contributed by atoms with van der Waals surface area (Å²) in [5.74, 6) is -0.939. The summed E-state index contributed by atoms with van der Waals surface area (Å²) in [6.45, 7) is 2.29. The SMILES string of the molecule is CCCCCCCCCCCCCCCC/C=C\OC[C@@H](COC(=O)c1ccccc1)OC(=O)c1ccccc1. The largest absolute Gasteiger partial charge is 0.498 e. The summed E-state index contributed by atoms with van der Waals surface area (Å²) in [5.41, 5.74) is 0.889. The maximum Gasteiger partial charge on any atom is 0.338 e. The highest BCUT2D eigenvalue weighted by atomic mass is 16.6. The maximum absolute atomic E-state index is 12.5. The van der Waals surface area contributed by atoms with Crippen LogP contribution < -0.4 is 0 Å². The molecule has 0 unspecified atom stereocenters. The van der Waals surface area contributed by atoms with Gasteiger partial charge in [-0.05, 0) is 43.2 Å². The van der Waals surface area contributed by atoms with Gasteiger partial charge in [-0.15, -0.1) is 0 Å². The van der Waals surface area contributed by atoms with Crippen LogP contribution in [0.25, 0.3) is 0 Å². The Morgan fingerprint density at radius 2 is 1.10 bits per heavy atom. The molecule has 0 spiro atoms. The summed E-state index contributed by atoms with van der Waals surface area (Å²) in [4.78, 5) is 24.9. The minimum atomic E-state index is -0.717. The van der Waals surface area contributed by atoms with Gasteiger partial charge in [0.1, 0.15) is 13.2 Å². The van der Waals surface area contributed by atoms with Crippen LogP contribution in [0.1, 0.15) is 124 Å². The molecule has 0 aliphatic carbocycles. The molecule has 0 bridgehead atoms. The average Bonchev–Trinajstić information content (AvgIpc) is 2.99. The van der Waals surface area contributed by atoms with Crippen LogP contribution >= 0.6 is 0 Å². The number of hydrogen-bond acceptors (Lipinski definition) is 5. The summed E-state index contributed by atoms with van der Waals surface area (Å²) >= 11 is 0. The Labute approximate surface area is 242 Å². The van der Waals surface area contributed by atoms with Crippen LogP contribution in [0.15, 0.2) is 73.0 Å². The third-order valence-electron chi connectivity index (χ3n) is 6.89. The van der Waals surface area contributed by atoms with Gasteiger partial charge in [-0.1, -0.05) is 127 Å². The molecule has 220 valence electrons. The van der Waals surface area contributed by atoms with Crippen LogP contribution in [-0.4, -0.2) is 31.3 Å². The van der Waals surface area contributed by atoms with Crippen LogP contribution in [0.3, 0.4) is 0 Å². The second-order valence-electron chi connectivity index (χ2n) is 10.4. The minimum Gasteiger partial charge on any atom is -0.498 e. The molecule has 2 aromatic carbocycles. The van der Waals surface area contributed by atoms with Gasteiger partial charge in [-0.2, -0.15) is 0 Å². The summed E-state index contributed by atoms with van der Waals surface area (Å²) < 4.78 is 16.6. The van der Waals surface area contributed by atoms with Crippen molar-refractivity contribution in [1.29, 1.82) is 0 Å². The average molecular weight is 551 g/mol. The number of ether oxygens (including phenoxy) is 3. The predicted octanol–water partition coefficient (Wildman–Crippen LogP) is 9.47. The van der Waals surface area contributed by atoms with Gasteiger partial charge < -0.3 is 14.2 Å². The molecule has 40 heavy (non-hydrogen) atoms. The molecule has 5 nitrogen and oxygen atoms in total. The normalized spacial score (nSPS) is 11.8. The molecule has 0 aliphatic rings. The van der Waals surface area contributed by atoms with Crippen molar-refractivity contribution in [2.45, 2.75) is 109 Å². The lowest BCUT2D eigenvalue weighted by Gasteiger charge is -2.17. The number of unbranched alkanes of at least 4 members (excludes halogenated alkanes) is 14. The van der Waals surface area contributed by atoms with Gasteiger partial charge in [0, 0.05) is 0 Å². The molecule has 2 rings (SSSR count). The zero-order valence-electron chi connectivity index (χ0n) is 24.6. The van der Waals surface area contributed by atoms with Crippen LogP contribution in [0, 0.1) is 0 Å². The molecule has 1 atom stereocenters. The van der Waals surface area contributed by atoms with Gasteiger partial charge >= 0.3 is 11.9 Å². The van der Waals surface area contributed by atoms with Crippen molar-refractivity contribution >= 4 is 11.9 Å². The second-order valence-corrected chi connectivity index (χ2v) is 10.4. The lowest BCUT2D eigenvalue weighted by Crippen LogP contribution is -2.29. The third-order valence-corrected chi connectivity index (χ3v) is 6.89. The fraction of sp³-hybridized carbons (Fsp3) is 0.543. The van der Waals surface area contributed by atoms with Crippen molar-refractivity contribution in [3.63, 3.8) is 0 Å². The van der Waals surface area contributed by atoms with E-state index < -0.39 is 18.0 Å². The van der Waals surface area contributed by atoms with Crippen molar-refractivity contribution in [3.8, 4) is 0 Å². The highest BCUT2D eigenvalue weighted by Gasteiger charge is 2.19. The van der Waals surface area contributed by atoms with Crippen molar-refractivity contribution in [2.24, 2.45) is 0 Å². The molecule has 0 fully saturated rings. The summed E-state index contributed by atoms with van der Waals surface area (Å²) in [6.07, 6.45) is 22.8. The Bertz CT molecular complexity index is 925. The van der Waals surface area contributed by atoms with Gasteiger partial charge in [-0.25, -0.2) is 9.59 Å². The highest BCUT2D eigenvalue weighted by Crippen LogP contribution is 2.14. The van der Waals surface area contributed by atoms with Crippen molar-refractivity contribution < 1.29 is 23.8 Å². The van der Waals surface area contributed by atoms with E-state index >= 15 is 0 Å². The van der Waals surface area contributed by atoms with Crippen LogP contribution in [-0.2, 0) is 14.2 Å². The van der Waals surface area contributed by atoms with E-state index in [0.29, 0.717) is 11.1 Å². The molecular weight excluding hydrogens is 500 g/mol. The lowest BCUT2D eigenvalue weighted by atomic mass is 10.0. The standard InChI is InChI=1S/C35H50O5/c1-2-3-4-5-6-7-8-9-10-11-12-13-14-15-16-23-28-38-29-33(40-35(37)32-26-21-18-22-27-32)30-39-34(36)31-24-19-17-20-25-31/h17-28,33H,2-16,29-30H2,1H3/b28-23-/t33-/m0/s1. The number of allylic oxidation sites excluding steroid dienone is 1. The first kappa shape index (κ1) is 33.1. The van der Waals surface area contributed by atoms with Gasteiger partial charge in [0.2, 0.25) is 0 Å². The smallest absolute Gasteiger partial charge is 0.338 e. The predicted molar refractivity (Wildman–Crippen MR) is 162 cm³/mol. The van der Waals surface area contributed by atoms with Gasteiger partial charge in [0.15, 0.2) is 6.10 Å². The van der Waals surface area contributed by atoms with E-state index in [1.807, 2.05) is 18.2 Å². The van der Waals surface area contributed by atoms with Crippen LogP contribution in [0.4, 0.5) is 0 Å². The van der Waals surface area contributed by atoms with E-state index in [2.05, 4.69) is 6.92 Å². The molecule has 0 radical (unpaired) electrons. The minimum absolute atomic E-state index is 0.0842. The number of carbonyl (C=O) groups is 2. The molecule has 2 aromatic rings. The van der Waals surface area contributed by atoms with Crippen LogP contribution in [0.2, 0.25) is 0 Å². The first-order chi connectivity index (χ1) is 19.7. The van der Waals surface area contributed by atoms with Crippen molar-refractivity contribution in [3.05, 3.63) is 84.1 Å². The third kappa shape index (κ3) is 16.1. The topological polar surface area (TPSA) is 61.8 Å². The number of hydrogen-bond donors (Lipinski definition) is 0. The molecule has 0 aliphatic heterocycles. The Kier molecular flexibility index (Phi) is 18.8. The molecular formula is C35H50O5.